The minimum absolute atomic E-state index is 0. The summed E-state index contributed by atoms with van der Waals surface area (Å²) in [5, 5.41) is 0. The highest BCUT2D eigenvalue weighted by Gasteiger charge is 2.35. The summed E-state index contributed by atoms with van der Waals surface area (Å²) in [4.78, 5) is 10.9. The quantitative estimate of drug-likeness (QED) is 0.680. The number of carbonyl (C=O) groups is 1. The molecular weight excluding hydrogens is 178 g/mol. The summed E-state index contributed by atoms with van der Waals surface area (Å²) in [5.41, 5.74) is 5.64. The van der Waals surface area contributed by atoms with E-state index < -0.39 is 6.04 Å². The molecule has 0 aromatic rings. The monoisotopic (exact) mass is 193 g/mol. The van der Waals surface area contributed by atoms with Gasteiger partial charge in [-0.3, -0.25) is 4.79 Å². The van der Waals surface area contributed by atoms with E-state index in [1.54, 1.807) is 0 Å². The molecule has 1 aliphatic carbocycles. The highest BCUT2D eigenvalue weighted by Crippen LogP contribution is 2.37. The third-order valence-corrected chi connectivity index (χ3v) is 2.41. The van der Waals surface area contributed by atoms with Gasteiger partial charge in [-0.1, -0.05) is 6.92 Å². The van der Waals surface area contributed by atoms with E-state index in [1.165, 1.54) is 20.0 Å². The van der Waals surface area contributed by atoms with Crippen molar-refractivity contribution in [2.45, 2.75) is 25.8 Å². The van der Waals surface area contributed by atoms with Crippen LogP contribution in [0.25, 0.3) is 0 Å². The van der Waals surface area contributed by atoms with Crippen molar-refractivity contribution < 1.29 is 9.53 Å². The first-order valence-electron chi connectivity index (χ1n) is 4.00. The molecule has 0 aromatic heterocycles. The van der Waals surface area contributed by atoms with Crippen LogP contribution in [-0.2, 0) is 9.53 Å². The third-order valence-electron chi connectivity index (χ3n) is 2.41. The van der Waals surface area contributed by atoms with Gasteiger partial charge < -0.3 is 10.5 Å². The van der Waals surface area contributed by atoms with Crippen molar-refractivity contribution >= 4 is 18.4 Å². The Morgan fingerprint density at radius 1 is 1.58 bits per heavy atom. The number of halogens is 1. The Kier molecular flexibility index (Phi) is 4.57. The van der Waals surface area contributed by atoms with Crippen LogP contribution in [0.4, 0.5) is 0 Å². The number of esters is 1. The molecular formula is C8H16ClNO2. The Hall–Kier alpha value is -0.280. The molecule has 3 nitrogen and oxygen atoms in total. The Balaban J connectivity index is 0.00000121. The highest BCUT2D eigenvalue weighted by molar-refractivity contribution is 5.85. The largest absolute Gasteiger partial charge is 0.468 e. The molecule has 0 spiro atoms. The number of hydrogen-bond acceptors (Lipinski definition) is 3. The molecule has 2 unspecified atom stereocenters. The lowest BCUT2D eigenvalue weighted by Gasteiger charge is -2.16. The molecule has 1 aliphatic rings. The van der Waals surface area contributed by atoms with Crippen molar-refractivity contribution in [3.63, 3.8) is 0 Å². The Bertz CT molecular complexity index is 159. The van der Waals surface area contributed by atoms with Gasteiger partial charge in [0.1, 0.15) is 6.04 Å². The summed E-state index contributed by atoms with van der Waals surface area (Å²) in [6.45, 7) is 2.01. The standard InChI is InChI=1S/C8H15NO2.ClH/c1-5(6-3-4-6)7(9)8(10)11-2;/h5-7H,3-4,9H2,1-2H3;1H. The van der Waals surface area contributed by atoms with Gasteiger partial charge in [0.2, 0.25) is 0 Å². The van der Waals surface area contributed by atoms with E-state index in [0.717, 1.165) is 0 Å². The van der Waals surface area contributed by atoms with E-state index in [0.29, 0.717) is 5.92 Å². The fourth-order valence-corrected chi connectivity index (χ4v) is 1.27. The van der Waals surface area contributed by atoms with E-state index in [-0.39, 0.29) is 24.3 Å². The van der Waals surface area contributed by atoms with Crippen molar-refractivity contribution in [2.24, 2.45) is 17.6 Å². The number of carbonyl (C=O) groups excluding carboxylic acids is 1. The molecule has 2 atom stereocenters. The second-order valence-electron chi connectivity index (χ2n) is 3.25. The number of hydrogen-bond donors (Lipinski definition) is 1. The lowest BCUT2D eigenvalue weighted by Crippen LogP contribution is -2.38. The lowest BCUT2D eigenvalue weighted by molar-refractivity contribution is -0.143. The number of ether oxygens (including phenoxy) is 1. The minimum Gasteiger partial charge on any atom is -0.468 e. The van der Waals surface area contributed by atoms with E-state index >= 15 is 0 Å². The molecule has 0 radical (unpaired) electrons. The van der Waals surface area contributed by atoms with Crippen molar-refractivity contribution in [1.82, 2.24) is 0 Å². The maximum Gasteiger partial charge on any atom is 0.322 e. The molecule has 0 bridgehead atoms. The topological polar surface area (TPSA) is 52.3 Å². The van der Waals surface area contributed by atoms with Gasteiger partial charge >= 0.3 is 5.97 Å². The first-order valence-corrected chi connectivity index (χ1v) is 4.00. The number of methoxy groups -OCH3 is 1. The van der Waals surface area contributed by atoms with Crippen LogP contribution in [0.1, 0.15) is 19.8 Å². The minimum atomic E-state index is -0.424. The lowest BCUT2D eigenvalue weighted by atomic mass is 9.98. The zero-order valence-corrected chi connectivity index (χ0v) is 8.26. The smallest absolute Gasteiger partial charge is 0.322 e. The van der Waals surface area contributed by atoms with Gasteiger partial charge in [-0.2, -0.15) is 0 Å². The molecule has 0 aliphatic heterocycles. The van der Waals surface area contributed by atoms with Crippen LogP contribution < -0.4 is 5.73 Å². The molecule has 1 saturated carbocycles. The van der Waals surface area contributed by atoms with E-state index in [4.69, 9.17) is 5.73 Å². The fourth-order valence-electron chi connectivity index (χ4n) is 1.27. The molecule has 0 saturated heterocycles. The Morgan fingerprint density at radius 2 is 2.08 bits per heavy atom. The van der Waals surface area contributed by atoms with E-state index in [2.05, 4.69) is 4.74 Å². The van der Waals surface area contributed by atoms with Crippen molar-refractivity contribution in [1.29, 1.82) is 0 Å². The first kappa shape index (κ1) is 11.7. The first-order chi connectivity index (χ1) is 5.16. The molecule has 72 valence electrons. The van der Waals surface area contributed by atoms with Gasteiger partial charge in [0.25, 0.3) is 0 Å². The number of rotatable bonds is 3. The van der Waals surface area contributed by atoms with Gasteiger partial charge in [-0.05, 0) is 24.7 Å². The van der Waals surface area contributed by atoms with Gasteiger partial charge in [0.05, 0.1) is 7.11 Å². The molecule has 1 rings (SSSR count). The van der Waals surface area contributed by atoms with E-state index in [1.807, 2.05) is 6.92 Å². The average molecular weight is 194 g/mol. The van der Waals surface area contributed by atoms with Gasteiger partial charge in [-0.15, -0.1) is 12.4 Å². The zero-order valence-electron chi connectivity index (χ0n) is 7.45. The summed E-state index contributed by atoms with van der Waals surface area (Å²) in [7, 11) is 1.38. The second-order valence-corrected chi connectivity index (χ2v) is 3.25. The van der Waals surface area contributed by atoms with Crippen LogP contribution in [0.5, 0.6) is 0 Å². The van der Waals surface area contributed by atoms with Crippen LogP contribution in [0.2, 0.25) is 0 Å². The predicted molar refractivity (Wildman–Crippen MR) is 49.1 cm³/mol. The van der Waals surface area contributed by atoms with Crippen LogP contribution in [0.3, 0.4) is 0 Å². The molecule has 12 heavy (non-hydrogen) atoms. The maximum atomic E-state index is 10.9. The summed E-state index contributed by atoms with van der Waals surface area (Å²) >= 11 is 0. The molecule has 2 N–H and O–H groups in total. The summed E-state index contributed by atoms with van der Waals surface area (Å²) in [6.07, 6.45) is 2.43. The van der Waals surface area contributed by atoms with Gasteiger partial charge in [0.15, 0.2) is 0 Å². The average Bonchev–Trinajstić information content (AvgIpc) is 2.82. The highest BCUT2D eigenvalue weighted by atomic mass is 35.5. The SMILES string of the molecule is COC(=O)C(N)C(C)C1CC1.Cl. The molecule has 1 fully saturated rings. The van der Waals surface area contributed by atoms with Crippen LogP contribution in [0, 0.1) is 11.8 Å². The number of nitrogens with two attached hydrogens (primary N) is 1. The normalized spacial score (nSPS) is 20.6. The van der Waals surface area contributed by atoms with Crippen LogP contribution in [0.15, 0.2) is 0 Å². The van der Waals surface area contributed by atoms with Gasteiger partial charge in [-0.25, -0.2) is 0 Å². The fraction of sp³-hybridized carbons (Fsp3) is 0.875. The maximum absolute atomic E-state index is 10.9. The second kappa shape index (κ2) is 4.67. The Labute approximate surface area is 79.1 Å². The Morgan fingerprint density at radius 3 is 2.42 bits per heavy atom. The zero-order chi connectivity index (χ0) is 8.43. The summed E-state index contributed by atoms with van der Waals surface area (Å²) < 4.78 is 4.55. The van der Waals surface area contributed by atoms with E-state index in [9.17, 15) is 4.79 Å². The molecule has 4 heteroatoms. The molecule has 0 aromatic carbocycles. The van der Waals surface area contributed by atoms with Crippen LogP contribution >= 0.6 is 12.4 Å². The molecule has 0 heterocycles. The van der Waals surface area contributed by atoms with Crippen LogP contribution in [-0.4, -0.2) is 19.1 Å². The van der Waals surface area contributed by atoms with Crippen molar-refractivity contribution in [3.8, 4) is 0 Å². The third kappa shape index (κ3) is 2.64. The van der Waals surface area contributed by atoms with Crippen molar-refractivity contribution in [3.05, 3.63) is 0 Å². The summed E-state index contributed by atoms with van der Waals surface area (Å²) in [5.74, 6) is 0.649. The van der Waals surface area contributed by atoms with Crippen molar-refractivity contribution in [2.75, 3.05) is 7.11 Å². The predicted octanol–water partition coefficient (Wildman–Crippen LogP) is 0.955. The molecule has 0 amide bonds. The van der Waals surface area contributed by atoms with Gasteiger partial charge in [0, 0.05) is 0 Å². The summed E-state index contributed by atoms with van der Waals surface area (Å²) in [6, 6.07) is -0.424.